The fourth-order valence-electron chi connectivity index (χ4n) is 2.61. The van der Waals surface area contributed by atoms with Gasteiger partial charge >= 0.3 is 5.97 Å². The van der Waals surface area contributed by atoms with E-state index in [1.165, 1.54) is 18.2 Å². The van der Waals surface area contributed by atoms with Crippen LogP contribution in [0.25, 0.3) is 6.08 Å². The van der Waals surface area contributed by atoms with Crippen molar-refractivity contribution in [2.24, 2.45) is 5.92 Å². The molecule has 0 N–H and O–H groups in total. The summed E-state index contributed by atoms with van der Waals surface area (Å²) < 4.78 is 5.02. The van der Waals surface area contributed by atoms with Crippen molar-refractivity contribution in [1.82, 2.24) is 4.90 Å². The van der Waals surface area contributed by atoms with E-state index in [0.717, 1.165) is 12.8 Å². The summed E-state index contributed by atoms with van der Waals surface area (Å²) >= 11 is 0. The van der Waals surface area contributed by atoms with E-state index < -0.39 is 4.92 Å². The van der Waals surface area contributed by atoms with Crippen LogP contribution in [-0.2, 0) is 14.3 Å². The lowest BCUT2D eigenvalue weighted by molar-refractivity contribution is -0.384. The highest BCUT2D eigenvalue weighted by Gasteiger charge is 2.28. The molecule has 1 heterocycles. The lowest BCUT2D eigenvalue weighted by Crippen LogP contribution is -2.42. The molecule has 0 radical (unpaired) electrons. The second-order valence-electron chi connectivity index (χ2n) is 5.56. The molecule has 1 aromatic carbocycles. The summed E-state index contributed by atoms with van der Waals surface area (Å²) in [5.74, 6) is -0.702. The van der Waals surface area contributed by atoms with Crippen LogP contribution in [0, 0.1) is 16.0 Å². The Labute approximate surface area is 140 Å². The van der Waals surface area contributed by atoms with Gasteiger partial charge in [-0.25, -0.2) is 0 Å². The first kappa shape index (κ1) is 17.7. The average molecular weight is 332 g/mol. The number of likely N-dealkylation sites (tertiary alicyclic amines) is 1. The highest BCUT2D eigenvalue weighted by atomic mass is 16.6. The van der Waals surface area contributed by atoms with Gasteiger partial charge in [-0.05, 0) is 43.5 Å². The third-order valence-corrected chi connectivity index (χ3v) is 3.88. The standard InChI is InChI=1S/C17H20N2O5/c1-2-24-17(21)14-4-3-11-18(12-14)16(20)10-7-13-5-8-15(9-6-13)19(22)23/h5-10,14H,2-4,11-12H2,1H3/b10-7+/t14-/m1/s1. The third-order valence-electron chi connectivity index (χ3n) is 3.88. The minimum Gasteiger partial charge on any atom is -0.466 e. The molecule has 0 spiro atoms. The van der Waals surface area contributed by atoms with Crippen LogP contribution in [-0.4, -0.2) is 41.4 Å². The van der Waals surface area contributed by atoms with Crippen molar-refractivity contribution < 1.29 is 19.2 Å². The largest absolute Gasteiger partial charge is 0.466 e. The van der Waals surface area contributed by atoms with Crippen LogP contribution in [0.15, 0.2) is 30.3 Å². The minimum absolute atomic E-state index is 0.00628. The van der Waals surface area contributed by atoms with Crippen molar-refractivity contribution in [3.63, 3.8) is 0 Å². The number of hydrogen-bond donors (Lipinski definition) is 0. The normalized spacial score (nSPS) is 17.7. The zero-order chi connectivity index (χ0) is 17.5. The molecule has 1 aromatic rings. The number of non-ortho nitro benzene ring substituents is 1. The molecule has 2 rings (SSSR count). The third kappa shape index (κ3) is 4.65. The number of piperidine rings is 1. The summed E-state index contributed by atoms with van der Waals surface area (Å²) in [6, 6.07) is 5.95. The van der Waals surface area contributed by atoms with E-state index in [-0.39, 0.29) is 23.5 Å². The number of nitrogens with zero attached hydrogens (tertiary/aromatic N) is 2. The molecule has 0 saturated carbocycles. The molecule has 1 atom stereocenters. The molecular weight excluding hydrogens is 312 g/mol. The first-order chi connectivity index (χ1) is 11.5. The molecule has 1 saturated heterocycles. The van der Waals surface area contributed by atoms with Gasteiger partial charge in [0.2, 0.25) is 5.91 Å². The SMILES string of the molecule is CCOC(=O)[C@@H]1CCCN(C(=O)/C=C/c2ccc([N+](=O)[O-])cc2)C1. The highest BCUT2D eigenvalue weighted by molar-refractivity contribution is 5.92. The zero-order valence-electron chi connectivity index (χ0n) is 13.5. The van der Waals surface area contributed by atoms with Crippen molar-refractivity contribution in [2.45, 2.75) is 19.8 Å². The van der Waals surface area contributed by atoms with Crippen LogP contribution < -0.4 is 0 Å². The van der Waals surface area contributed by atoms with E-state index in [1.54, 1.807) is 30.0 Å². The Bertz CT molecular complexity index is 639. The maximum atomic E-state index is 12.3. The monoisotopic (exact) mass is 332 g/mol. The van der Waals surface area contributed by atoms with Gasteiger partial charge in [-0.1, -0.05) is 0 Å². The van der Waals surface area contributed by atoms with Crippen molar-refractivity contribution in [3.05, 3.63) is 46.0 Å². The number of carbonyl (C=O) groups excluding carboxylic acids is 2. The average Bonchev–Trinajstić information content (AvgIpc) is 2.60. The van der Waals surface area contributed by atoms with Gasteiger partial charge in [-0.15, -0.1) is 0 Å². The quantitative estimate of drug-likeness (QED) is 0.357. The number of nitro groups is 1. The second kappa shape index (κ2) is 8.24. The van der Waals surface area contributed by atoms with Crippen molar-refractivity contribution in [1.29, 1.82) is 0 Å². The molecule has 24 heavy (non-hydrogen) atoms. The van der Waals surface area contributed by atoms with Crippen molar-refractivity contribution >= 4 is 23.6 Å². The van der Waals surface area contributed by atoms with E-state index >= 15 is 0 Å². The number of ether oxygens (including phenoxy) is 1. The molecule has 7 heteroatoms. The van der Waals surface area contributed by atoms with Gasteiger partial charge in [0.1, 0.15) is 0 Å². The number of carbonyl (C=O) groups is 2. The summed E-state index contributed by atoms with van der Waals surface area (Å²) in [6.07, 6.45) is 4.53. The Kier molecular flexibility index (Phi) is 6.06. The maximum Gasteiger partial charge on any atom is 0.310 e. The fraction of sp³-hybridized carbons (Fsp3) is 0.412. The Morgan fingerprint density at radius 1 is 1.38 bits per heavy atom. The van der Waals surface area contributed by atoms with Crippen LogP contribution in [0.5, 0.6) is 0 Å². The van der Waals surface area contributed by atoms with E-state index in [9.17, 15) is 19.7 Å². The summed E-state index contributed by atoms with van der Waals surface area (Å²) in [5.41, 5.74) is 0.708. The predicted octanol–water partition coefficient (Wildman–Crippen LogP) is 2.41. The molecular formula is C17H20N2O5. The summed E-state index contributed by atoms with van der Waals surface area (Å²) in [7, 11) is 0. The molecule has 1 aliphatic heterocycles. The number of nitro benzene ring substituents is 1. The molecule has 0 aromatic heterocycles. The molecule has 128 valence electrons. The molecule has 1 aliphatic rings. The van der Waals surface area contributed by atoms with Gasteiger partial charge in [0.25, 0.3) is 5.69 Å². The first-order valence-electron chi connectivity index (χ1n) is 7.89. The topological polar surface area (TPSA) is 89.8 Å². The van der Waals surface area contributed by atoms with Gasteiger partial charge in [-0.3, -0.25) is 19.7 Å². The van der Waals surface area contributed by atoms with Crippen LogP contribution in [0.1, 0.15) is 25.3 Å². The lowest BCUT2D eigenvalue weighted by Gasteiger charge is -2.30. The molecule has 1 fully saturated rings. The van der Waals surface area contributed by atoms with Crippen LogP contribution in [0.3, 0.4) is 0 Å². The summed E-state index contributed by atoms with van der Waals surface area (Å²) in [5, 5.41) is 10.6. The molecule has 7 nitrogen and oxygen atoms in total. The van der Waals surface area contributed by atoms with E-state index in [2.05, 4.69) is 0 Å². The predicted molar refractivity (Wildman–Crippen MR) is 88.1 cm³/mol. The molecule has 1 amide bonds. The summed E-state index contributed by atoms with van der Waals surface area (Å²) in [4.78, 5) is 35.8. The molecule has 0 unspecified atom stereocenters. The number of benzene rings is 1. The Morgan fingerprint density at radius 2 is 2.08 bits per heavy atom. The number of hydrogen-bond acceptors (Lipinski definition) is 5. The van der Waals surface area contributed by atoms with Crippen LogP contribution in [0.2, 0.25) is 0 Å². The molecule has 0 aliphatic carbocycles. The van der Waals surface area contributed by atoms with E-state index in [1.807, 2.05) is 0 Å². The number of esters is 1. The first-order valence-corrected chi connectivity index (χ1v) is 7.89. The summed E-state index contributed by atoms with van der Waals surface area (Å²) in [6.45, 7) is 3.07. The van der Waals surface area contributed by atoms with E-state index in [4.69, 9.17) is 4.74 Å². The van der Waals surface area contributed by atoms with Crippen LogP contribution >= 0.6 is 0 Å². The van der Waals surface area contributed by atoms with Gasteiger partial charge < -0.3 is 9.64 Å². The van der Waals surface area contributed by atoms with Crippen molar-refractivity contribution in [2.75, 3.05) is 19.7 Å². The smallest absolute Gasteiger partial charge is 0.310 e. The minimum atomic E-state index is -0.470. The Hall–Kier alpha value is -2.70. The Morgan fingerprint density at radius 3 is 2.71 bits per heavy atom. The second-order valence-corrected chi connectivity index (χ2v) is 5.56. The van der Waals surface area contributed by atoms with Gasteiger partial charge in [0.15, 0.2) is 0 Å². The highest BCUT2D eigenvalue weighted by Crippen LogP contribution is 2.19. The lowest BCUT2D eigenvalue weighted by atomic mass is 9.98. The van der Waals surface area contributed by atoms with Crippen molar-refractivity contribution in [3.8, 4) is 0 Å². The van der Waals surface area contributed by atoms with Gasteiger partial charge in [-0.2, -0.15) is 0 Å². The zero-order valence-corrected chi connectivity index (χ0v) is 13.5. The number of rotatable bonds is 5. The molecule has 0 bridgehead atoms. The van der Waals surface area contributed by atoms with Gasteiger partial charge in [0.05, 0.1) is 17.4 Å². The fourth-order valence-corrected chi connectivity index (χ4v) is 2.61. The maximum absolute atomic E-state index is 12.3. The van der Waals surface area contributed by atoms with E-state index in [0.29, 0.717) is 25.3 Å². The Balaban J connectivity index is 1.95. The van der Waals surface area contributed by atoms with Gasteiger partial charge in [0, 0.05) is 31.3 Å². The number of amides is 1. The van der Waals surface area contributed by atoms with Crippen LogP contribution in [0.4, 0.5) is 5.69 Å².